The lowest BCUT2D eigenvalue weighted by molar-refractivity contribution is 0.101. The third kappa shape index (κ3) is 2.90. The Hall–Kier alpha value is -1.80. The Morgan fingerprint density at radius 1 is 1.11 bits per heavy atom. The highest BCUT2D eigenvalue weighted by atomic mass is 35.5. The van der Waals surface area contributed by atoms with Gasteiger partial charge in [0.2, 0.25) is 0 Å². The lowest BCUT2D eigenvalue weighted by Gasteiger charge is -2.09. The van der Waals surface area contributed by atoms with Gasteiger partial charge in [0.05, 0.1) is 0 Å². The number of rotatable bonds is 3. The van der Waals surface area contributed by atoms with Crippen molar-refractivity contribution in [2.75, 3.05) is 0 Å². The number of hydrogen-bond donors (Lipinski definition) is 0. The smallest absolute Gasteiger partial charge is 0.159 e. The largest absolute Gasteiger partial charge is 0.457 e. The van der Waals surface area contributed by atoms with Crippen LogP contribution in [0.5, 0.6) is 11.5 Å². The molecule has 0 N–H and O–H groups in total. The maximum Gasteiger partial charge on any atom is 0.159 e. The van der Waals surface area contributed by atoms with Gasteiger partial charge in [0, 0.05) is 10.6 Å². The van der Waals surface area contributed by atoms with E-state index in [2.05, 4.69) is 0 Å². The fourth-order valence-corrected chi connectivity index (χ4v) is 1.73. The molecule has 0 aromatic heterocycles. The summed E-state index contributed by atoms with van der Waals surface area (Å²) >= 11 is 5.93. The standard InChI is InChI=1S/C15H13ClO2/c1-10-3-6-13(16)9-15(10)18-14-7-4-12(5-8-14)11(2)17/h3-9H,1-2H3. The van der Waals surface area contributed by atoms with Crippen LogP contribution in [0.2, 0.25) is 5.02 Å². The number of carbonyl (C=O) groups excluding carboxylic acids is 1. The number of benzene rings is 2. The van der Waals surface area contributed by atoms with E-state index < -0.39 is 0 Å². The minimum absolute atomic E-state index is 0.0421. The first-order chi connectivity index (χ1) is 8.56. The maximum absolute atomic E-state index is 11.2. The van der Waals surface area contributed by atoms with E-state index in [1.165, 1.54) is 6.92 Å². The van der Waals surface area contributed by atoms with E-state index in [9.17, 15) is 4.79 Å². The average molecular weight is 261 g/mol. The van der Waals surface area contributed by atoms with Gasteiger partial charge in [-0.2, -0.15) is 0 Å². The summed E-state index contributed by atoms with van der Waals surface area (Å²) in [7, 11) is 0. The highest BCUT2D eigenvalue weighted by molar-refractivity contribution is 6.30. The van der Waals surface area contributed by atoms with Gasteiger partial charge in [0.25, 0.3) is 0 Å². The van der Waals surface area contributed by atoms with E-state index in [1.807, 2.05) is 19.1 Å². The molecule has 3 heteroatoms. The summed E-state index contributed by atoms with van der Waals surface area (Å²) in [6, 6.07) is 12.5. The third-order valence-corrected chi connectivity index (χ3v) is 2.87. The number of aryl methyl sites for hydroxylation is 1. The number of hydrogen-bond acceptors (Lipinski definition) is 2. The van der Waals surface area contributed by atoms with Crippen molar-refractivity contribution in [3.05, 3.63) is 58.6 Å². The van der Waals surface area contributed by atoms with Crippen LogP contribution in [-0.2, 0) is 0 Å². The Bertz CT molecular complexity index is 574. The van der Waals surface area contributed by atoms with Gasteiger partial charge in [-0.05, 0) is 55.8 Å². The van der Waals surface area contributed by atoms with Crippen molar-refractivity contribution in [3.8, 4) is 11.5 Å². The van der Waals surface area contributed by atoms with Crippen molar-refractivity contribution in [2.45, 2.75) is 13.8 Å². The molecular formula is C15H13ClO2. The number of Topliss-reactive ketones (excluding diaryl/α,β-unsaturated/α-hetero) is 1. The summed E-state index contributed by atoms with van der Waals surface area (Å²) < 4.78 is 5.73. The SMILES string of the molecule is CC(=O)c1ccc(Oc2cc(Cl)ccc2C)cc1. The molecule has 0 fully saturated rings. The van der Waals surface area contributed by atoms with E-state index in [1.54, 1.807) is 30.3 Å². The van der Waals surface area contributed by atoms with Gasteiger partial charge in [0.1, 0.15) is 11.5 Å². The van der Waals surface area contributed by atoms with E-state index in [0.29, 0.717) is 16.3 Å². The predicted octanol–water partition coefficient (Wildman–Crippen LogP) is 4.64. The molecule has 0 saturated heterocycles. The van der Waals surface area contributed by atoms with Gasteiger partial charge in [-0.1, -0.05) is 17.7 Å². The second-order valence-electron chi connectivity index (χ2n) is 4.09. The third-order valence-electron chi connectivity index (χ3n) is 2.64. The van der Waals surface area contributed by atoms with Crippen molar-refractivity contribution in [3.63, 3.8) is 0 Å². The molecule has 2 aromatic carbocycles. The Morgan fingerprint density at radius 2 is 1.78 bits per heavy atom. The lowest BCUT2D eigenvalue weighted by atomic mass is 10.1. The van der Waals surface area contributed by atoms with Crippen LogP contribution in [0, 0.1) is 6.92 Å². The van der Waals surface area contributed by atoms with E-state index in [4.69, 9.17) is 16.3 Å². The molecule has 2 rings (SSSR count). The molecule has 18 heavy (non-hydrogen) atoms. The van der Waals surface area contributed by atoms with E-state index in [-0.39, 0.29) is 5.78 Å². The van der Waals surface area contributed by atoms with Gasteiger partial charge in [-0.25, -0.2) is 0 Å². The summed E-state index contributed by atoms with van der Waals surface area (Å²) in [5.41, 5.74) is 1.68. The first-order valence-electron chi connectivity index (χ1n) is 5.61. The zero-order valence-electron chi connectivity index (χ0n) is 10.2. The summed E-state index contributed by atoms with van der Waals surface area (Å²) in [5, 5.41) is 0.635. The van der Waals surface area contributed by atoms with Crippen LogP contribution in [-0.4, -0.2) is 5.78 Å². The van der Waals surface area contributed by atoms with Crippen LogP contribution < -0.4 is 4.74 Å². The molecule has 0 bridgehead atoms. The van der Waals surface area contributed by atoms with Gasteiger partial charge >= 0.3 is 0 Å². The Labute approximate surface area is 111 Å². The Morgan fingerprint density at radius 3 is 2.39 bits per heavy atom. The molecule has 0 unspecified atom stereocenters. The molecule has 0 aliphatic carbocycles. The van der Waals surface area contributed by atoms with Crippen LogP contribution >= 0.6 is 11.6 Å². The Balaban J connectivity index is 2.23. The highest BCUT2D eigenvalue weighted by Crippen LogP contribution is 2.28. The molecule has 0 aliphatic heterocycles. The fraction of sp³-hybridized carbons (Fsp3) is 0.133. The normalized spacial score (nSPS) is 10.2. The average Bonchev–Trinajstić information content (AvgIpc) is 2.34. The summed E-state index contributed by atoms with van der Waals surface area (Å²) in [4.78, 5) is 11.2. The summed E-state index contributed by atoms with van der Waals surface area (Å²) in [6.07, 6.45) is 0. The van der Waals surface area contributed by atoms with Crippen molar-refractivity contribution >= 4 is 17.4 Å². The second kappa shape index (κ2) is 5.23. The maximum atomic E-state index is 11.2. The number of halogens is 1. The fourth-order valence-electron chi connectivity index (χ4n) is 1.57. The molecule has 92 valence electrons. The molecule has 0 atom stereocenters. The van der Waals surface area contributed by atoms with E-state index >= 15 is 0 Å². The zero-order chi connectivity index (χ0) is 13.1. The Kier molecular flexibility index (Phi) is 3.68. The van der Waals surface area contributed by atoms with Crippen molar-refractivity contribution in [1.82, 2.24) is 0 Å². The minimum atomic E-state index is 0.0421. The molecule has 0 heterocycles. The molecule has 0 spiro atoms. The highest BCUT2D eigenvalue weighted by Gasteiger charge is 2.04. The van der Waals surface area contributed by atoms with Gasteiger partial charge in [-0.15, -0.1) is 0 Å². The second-order valence-corrected chi connectivity index (χ2v) is 4.53. The number of ether oxygens (including phenoxy) is 1. The number of carbonyl (C=O) groups is 1. The van der Waals surface area contributed by atoms with Crippen LogP contribution in [0.15, 0.2) is 42.5 Å². The molecule has 0 aliphatic rings. The molecular weight excluding hydrogens is 248 g/mol. The van der Waals surface area contributed by atoms with Crippen LogP contribution in [0.4, 0.5) is 0 Å². The lowest BCUT2D eigenvalue weighted by Crippen LogP contribution is -1.92. The molecule has 0 radical (unpaired) electrons. The quantitative estimate of drug-likeness (QED) is 0.752. The molecule has 2 nitrogen and oxygen atoms in total. The minimum Gasteiger partial charge on any atom is -0.457 e. The van der Waals surface area contributed by atoms with Gasteiger partial charge < -0.3 is 4.74 Å². The van der Waals surface area contributed by atoms with Crippen molar-refractivity contribution in [2.24, 2.45) is 0 Å². The molecule has 2 aromatic rings. The summed E-state index contributed by atoms with van der Waals surface area (Å²) in [6.45, 7) is 3.49. The van der Waals surface area contributed by atoms with Gasteiger partial charge in [0.15, 0.2) is 5.78 Å². The molecule has 0 saturated carbocycles. The van der Waals surface area contributed by atoms with Crippen LogP contribution in [0.25, 0.3) is 0 Å². The first-order valence-corrected chi connectivity index (χ1v) is 5.99. The van der Waals surface area contributed by atoms with Gasteiger partial charge in [-0.3, -0.25) is 4.79 Å². The van der Waals surface area contributed by atoms with Crippen LogP contribution in [0.3, 0.4) is 0 Å². The number of ketones is 1. The zero-order valence-corrected chi connectivity index (χ0v) is 11.0. The predicted molar refractivity (Wildman–Crippen MR) is 72.7 cm³/mol. The topological polar surface area (TPSA) is 26.3 Å². The van der Waals surface area contributed by atoms with Crippen molar-refractivity contribution < 1.29 is 9.53 Å². The molecule has 0 amide bonds. The van der Waals surface area contributed by atoms with Crippen LogP contribution in [0.1, 0.15) is 22.8 Å². The van der Waals surface area contributed by atoms with Crippen molar-refractivity contribution in [1.29, 1.82) is 0 Å². The monoisotopic (exact) mass is 260 g/mol. The summed E-state index contributed by atoms with van der Waals surface area (Å²) in [5.74, 6) is 1.45. The van der Waals surface area contributed by atoms with E-state index in [0.717, 1.165) is 11.3 Å². The first kappa shape index (κ1) is 12.7.